The van der Waals surface area contributed by atoms with Gasteiger partial charge < -0.3 is 15.4 Å². The van der Waals surface area contributed by atoms with Gasteiger partial charge in [0.1, 0.15) is 11.9 Å². The monoisotopic (exact) mass is 431 g/mol. The van der Waals surface area contributed by atoms with E-state index in [4.69, 9.17) is 4.74 Å². The average molecular weight is 431 g/mol. The lowest BCUT2D eigenvalue weighted by Gasteiger charge is -2.21. The summed E-state index contributed by atoms with van der Waals surface area (Å²) in [5.74, 6) is 0.402. The van der Waals surface area contributed by atoms with Crippen molar-refractivity contribution in [3.8, 4) is 5.75 Å². The van der Waals surface area contributed by atoms with Crippen LogP contribution in [0.5, 0.6) is 5.75 Å². The Morgan fingerprint density at radius 3 is 2.45 bits per heavy atom. The van der Waals surface area contributed by atoms with Crippen LogP contribution in [0.25, 0.3) is 0 Å². The number of hydrogen-bond donors (Lipinski definition) is 2. The number of guanidine groups is 1. The molecule has 22 heavy (non-hydrogen) atoms. The topological polar surface area (TPSA) is 45.7 Å². The quantitative estimate of drug-likeness (QED) is 0.428. The maximum Gasteiger partial charge on any atom is 0.419 e. The van der Waals surface area contributed by atoms with E-state index in [0.717, 1.165) is 6.07 Å². The Balaban J connectivity index is 0.00000441. The fourth-order valence-corrected chi connectivity index (χ4v) is 1.74. The van der Waals surface area contributed by atoms with Gasteiger partial charge in [-0.3, -0.25) is 4.99 Å². The second kappa shape index (κ2) is 9.75. The van der Waals surface area contributed by atoms with E-state index in [9.17, 15) is 13.2 Å². The largest absolute Gasteiger partial charge is 0.488 e. The second-order valence-electron chi connectivity index (χ2n) is 4.35. The molecule has 0 radical (unpaired) electrons. The van der Waals surface area contributed by atoms with Gasteiger partial charge in [-0.05, 0) is 18.6 Å². The summed E-state index contributed by atoms with van der Waals surface area (Å²) < 4.78 is 44.2. The lowest BCUT2D eigenvalue weighted by molar-refractivity contribution is -0.139. The van der Waals surface area contributed by atoms with Crippen molar-refractivity contribution in [3.63, 3.8) is 0 Å². The van der Waals surface area contributed by atoms with Crippen molar-refractivity contribution in [2.45, 2.75) is 25.6 Å². The van der Waals surface area contributed by atoms with E-state index in [0.29, 0.717) is 18.9 Å². The van der Waals surface area contributed by atoms with Crippen molar-refractivity contribution in [3.05, 3.63) is 29.8 Å². The van der Waals surface area contributed by atoms with Gasteiger partial charge in [0, 0.05) is 14.1 Å². The molecule has 0 saturated heterocycles. The molecular weight excluding hydrogens is 410 g/mol. The van der Waals surface area contributed by atoms with Crippen molar-refractivity contribution in [1.82, 2.24) is 10.6 Å². The van der Waals surface area contributed by atoms with Gasteiger partial charge in [-0.25, -0.2) is 0 Å². The van der Waals surface area contributed by atoms with Crippen LogP contribution in [0, 0.1) is 0 Å². The lowest BCUT2D eigenvalue weighted by Crippen LogP contribution is -2.41. The summed E-state index contributed by atoms with van der Waals surface area (Å²) in [6.45, 7) is 2.21. The molecule has 0 saturated carbocycles. The first-order valence-electron chi connectivity index (χ1n) is 6.63. The number of rotatable bonds is 5. The SMILES string of the molecule is CCC(CNC(=NC)NC)Oc1ccccc1C(F)(F)F.I. The second-order valence-corrected chi connectivity index (χ2v) is 4.35. The van der Waals surface area contributed by atoms with Gasteiger partial charge in [-0.15, -0.1) is 24.0 Å². The predicted molar refractivity (Wildman–Crippen MR) is 92.0 cm³/mol. The number of para-hydroxylation sites is 1. The summed E-state index contributed by atoms with van der Waals surface area (Å²) >= 11 is 0. The van der Waals surface area contributed by atoms with E-state index in [2.05, 4.69) is 15.6 Å². The summed E-state index contributed by atoms with van der Waals surface area (Å²) in [6.07, 6.45) is -4.25. The first-order valence-corrected chi connectivity index (χ1v) is 6.63. The van der Waals surface area contributed by atoms with Crippen LogP contribution < -0.4 is 15.4 Å². The summed E-state index contributed by atoms with van der Waals surface area (Å²) in [5.41, 5.74) is -0.763. The molecule has 1 atom stereocenters. The van der Waals surface area contributed by atoms with Crippen LogP contribution in [-0.2, 0) is 6.18 Å². The van der Waals surface area contributed by atoms with Crippen LogP contribution in [0.4, 0.5) is 13.2 Å². The maximum absolute atomic E-state index is 12.9. The fraction of sp³-hybridized carbons (Fsp3) is 0.500. The third-order valence-electron chi connectivity index (χ3n) is 2.90. The first-order chi connectivity index (χ1) is 9.92. The molecule has 0 heterocycles. The molecule has 1 unspecified atom stereocenters. The van der Waals surface area contributed by atoms with Crippen LogP contribution in [-0.4, -0.2) is 32.7 Å². The molecule has 0 spiro atoms. The van der Waals surface area contributed by atoms with Crippen molar-refractivity contribution in [2.75, 3.05) is 20.6 Å². The number of benzene rings is 1. The average Bonchev–Trinajstić information content (AvgIpc) is 2.46. The molecule has 2 N–H and O–H groups in total. The van der Waals surface area contributed by atoms with Crippen molar-refractivity contribution in [2.24, 2.45) is 4.99 Å². The molecule has 0 aliphatic carbocycles. The zero-order chi connectivity index (χ0) is 15.9. The van der Waals surface area contributed by atoms with Gasteiger partial charge in [0.05, 0.1) is 12.1 Å². The Hall–Kier alpha value is -1.19. The fourth-order valence-electron chi connectivity index (χ4n) is 1.74. The van der Waals surface area contributed by atoms with Gasteiger partial charge in [-0.2, -0.15) is 13.2 Å². The highest BCUT2D eigenvalue weighted by atomic mass is 127. The van der Waals surface area contributed by atoms with Gasteiger partial charge in [-0.1, -0.05) is 19.1 Å². The van der Waals surface area contributed by atoms with Crippen LogP contribution in [0.1, 0.15) is 18.9 Å². The van der Waals surface area contributed by atoms with Crippen LogP contribution in [0.15, 0.2) is 29.3 Å². The maximum atomic E-state index is 12.9. The third-order valence-corrected chi connectivity index (χ3v) is 2.90. The number of aliphatic imine (C=N–C) groups is 1. The zero-order valence-corrected chi connectivity index (χ0v) is 15.0. The van der Waals surface area contributed by atoms with E-state index in [1.807, 2.05) is 6.92 Å². The standard InChI is InChI=1S/C14H20F3N3O.HI/c1-4-10(9-20-13(18-2)19-3)21-12-8-6-5-7-11(12)14(15,16)17;/h5-8,10H,4,9H2,1-3H3,(H2,18,19,20);1H. The lowest BCUT2D eigenvalue weighted by atomic mass is 10.2. The Bertz CT molecular complexity index is 481. The minimum Gasteiger partial charge on any atom is -0.488 e. The predicted octanol–water partition coefficient (Wildman–Crippen LogP) is 3.28. The summed E-state index contributed by atoms with van der Waals surface area (Å²) in [5, 5.41) is 5.82. The summed E-state index contributed by atoms with van der Waals surface area (Å²) in [7, 11) is 3.32. The Morgan fingerprint density at radius 1 is 1.32 bits per heavy atom. The molecule has 0 aliphatic rings. The first kappa shape index (κ1) is 20.8. The molecule has 1 aromatic carbocycles. The molecule has 0 bridgehead atoms. The van der Waals surface area contributed by atoms with Gasteiger partial charge in [0.25, 0.3) is 0 Å². The Labute approximate surface area is 145 Å². The highest BCUT2D eigenvalue weighted by Crippen LogP contribution is 2.36. The molecular formula is C14H21F3IN3O. The van der Waals surface area contributed by atoms with E-state index >= 15 is 0 Å². The number of nitrogens with one attached hydrogen (secondary N) is 2. The minimum atomic E-state index is -4.43. The summed E-state index contributed by atoms with van der Waals surface area (Å²) in [6, 6.07) is 5.22. The molecule has 1 rings (SSSR count). The van der Waals surface area contributed by atoms with E-state index < -0.39 is 17.8 Å². The van der Waals surface area contributed by atoms with Crippen LogP contribution in [0.3, 0.4) is 0 Å². The number of halogens is 4. The molecule has 0 fully saturated rings. The normalized spacial score (nSPS) is 13.1. The molecule has 0 aliphatic heterocycles. The number of ether oxygens (including phenoxy) is 1. The molecule has 1 aromatic rings. The van der Waals surface area contributed by atoms with Gasteiger partial charge in [0.2, 0.25) is 0 Å². The highest BCUT2D eigenvalue weighted by Gasteiger charge is 2.34. The van der Waals surface area contributed by atoms with Crippen LogP contribution >= 0.6 is 24.0 Å². The molecule has 126 valence electrons. The van der Waals surface area contributed by atoms with E-state index in [1.165, 1.54) is 18.2 Å². The third kappa shape index (κ3) is 6.29. The van der Waals surface area contributed by atoms with Crippen molar-refractivity contribution < 1.29 is 17.9 Å². The van der Waals surface area contributed by atoms with E-state index in [-0.39, 0.29) is 29.7 Å². The molecule has 0 aromatic heterocycles. The Kier molecular flexibility index (Phi) is 9.22. The van der Waals surface area contributed by atoms with E-state index in [1.54, 1.807) is 14.1 Å². The molecule has 0 amide bonds. The van der Waals surface area contributed by atoms with Crippen LogP contribution in [0.2, 0.25) is 0 Å². The highest BCUT2D eigenvalue weighted by molar-refractivity contribution is 14.0. The number of alkyl halides is 3. The zero-order valence-electron chi connectivity index (χ0n) is 12.7. The smallest absolute Gasteiger partial charge is 0.419 e. The van der Waals surface area contributed by atoms with Gasteiger partial charge in [0.15, 0.2) is 5.96 Å². The van der Waals surface area contributed by atoms with Crippen molar-refractivity contribution >= 4 is 29.9 Å². The number of nitrogens with zero attached hydrogens (tertiary/aromatic N) is 1. The molecule has 4 nitrogen and oxygen atoms in total. The summed E-state index contributed by atoms with van der Waals surface area (Å²) in [4.78, 5) is 3.94. The Morgan fingerprint density at radius 2 is 1.95 bits per heavy atom. The minimum absolute atomic E-state index is 0. The van der Waals surface area contributed by atoms with Gasteiger partial charge >= 0.3 is 6.18 Å². The number of hydrogen-bond acceptors (Lipinski definition) is 2. The van der Waals surface area contributed by atoms with Crippen molar-refractivity contribution in [1.29, 1.82) is 0 Å². The molecule has 8 heteroatoms.